The maximum Gasteiger partial charge on any atom is 0.243 e. The van der Waals surface area contributed by atoms with E-state index in [0.717, 1.165) is 32.5 Å². The van der Waals surface area contributed by atoms with Gasteiger partial charge in [-0.2, -0.15) is 0 Å². The summed E-state index contributed by atoms with van der Waals surface area (Å²) in [5, 5.41) is 0. The number of ether oxygens (including phenoxy) is 2. The summed E-state index contributed by atoms with van der Waals surface area (Å²) in [5.41, 5.74) is 5.56. The van der Waals surface area contributed by atoms with Crippen molar-refractivity contribution in [2.24, 2.45) is 17.1 Å². The number of rotatable bonds is 2. The molecular weight excluding hydrogens is 268 g/mol. The molecule has 5 nitrogen and oxygen atoms in total. The average molecular weight is 296 g/mol. The van der Waals surface area contributed by atoms with E-state index in [0.29, 0.717) is 0 Å². The van der Waals surface area contributed by atoms with E-state index >= 15 is 0 Å². The largest absolute Gasteiger partial charge is 0.377 e. The van der Waals surface area contributed by atoms with Crippen LogP contribution in [0.3, 0.4) is 0 Å². The fourth-order valence-electron chi connectivity index (χ4n) is 4.68. The Morgan fingerprint density at radius 1 is 1.24 bits per heavy atom. The number of hydrogen-bond acceptors (Lipinski definition) is 4. The van der Waals surface area contributed by atoms with Gasteiger partial charge in [0.15, 0.2) is 0 Å². The molecule has 2 aliphatic heterocycles. The second kappa shape index (κ2) is 4.93. The van der Waals surface area contributed by atoms with Gasteiger partial charge in [-0.15, -0.1) is 0 Å². The van der Waals surface area contributed by atoms with Crippen molar-refractivity contribution < 1.29 is 14.3 Å². The number of nitrogens with zero attached hydrogens (tertiary/aromatic N) is 1. The van der Waals surface area contributed by atoms with E-state index in [1.807, 2.05) is 18.9 Å². The molecule has 0 bridgehead atoms. The van der Waals surface area contributed by atoms with E-state index < -0.39 is 5.54 Å². The van der Waals surface area contributed by atoms with Crippen molar-refractivity contribution in [3.63, 3.8) is 0 Å². The first-order valence-corrected chi connectivity index (χ1v) is 8.11. The molecular formula is C16H28N2O3. The summed E-state index contributed by atoms with van der Waals surface area (Å²) in [6.45, 7) is 7.68. The highest BCUT2D eigenvalue weighted by atomic mass is 16.5. The van der Waals surface area contributed by atoms with Crippen LogP contribution in [-0.2, 0) is 14.3 Å². The van der Waals surface area contributed by atoms with Crippen LogP contribution in [0.4, 0.5) is 0 Å². The summed E-state index contributed by atoms with van der Waals surface area (Å²) in [7, 11) is 1.87. The number of fused-ring (bicyclic) bond motifs is 1. The number of amides is 1. The Kier molecular flexibility index (Phi) is 3.58. The van der Waals surface area contributed by atoms with Gasteiger partial charge in [0.1, 0.15) is 5.54 Å². The zero-order valence-corrected chi connectivity index (χ0v) is 13.6. The third-order valence-corrected chi connectivity index (χ3v) is 6.19. The first kappa shape index (κ1) is 15.3. The number of carbonyl (C=O) groups excluding carboxylic acids is 1. The molecule has 0 spiro atoms. The lowest BCUT2D eigenvalue weighted by molar-refractivity contribution is -0.230. The molecule has 1 saturated carbocycles. The first-order chi connectivity index (χ1) is 9.81. The van der Waals surface area contributed by atoms with Crippen molar-refractivity contribution in [3.05, 3.63) is 0 Å². The summed E-state index contributed by atoms with van der Waals surface area (Å²) in [6, 6.07) is 0.136. The Balaban J connectivity index is 1.82. The van der Waals surface area contributed by atoms with Gasteiger partial charge in [-0.25, -0.2) is 0 Å². The number of carbonyl (C=O) groups is 1. The third-order valence-electron chi connectivity index (χ3n) is 6.19. The minimum Gasteiger partial charge on any atom is -0.377 e. The molecule has 5 heteroatoms. The standard InChI is InChI=1S/C16H28N2O3/c1-10-12(7-9-20-10)18(4)14(19)16(17)11-6-5-8-21-13(11)15(16,2)3/h10-13H,5-9,17H2,1-4H3. The Morgan fingerprint density at radius 2 is 1.95 bits per heavy atom. The quantitative estimate of drug-likeness (QED) is 0.830. The van der Waals surface area contributed by atoms with Crippen LogP contribution in [0.15, 0.2) is 0 Å². The van der Waals surface area contributed by atoms with Gasteiger partial charge in [-0.3, -0.25) is 4.79 Å². The minimum atomic E-state index is -0.810. The summed E-state index contributed by atoms with van der Waals surface area (Å²) in [5.74, 6) is 0.204. The van der Waals surface area contributed by atoms with Crippen LogP contribution < -0.4 is 5.73 Å². The van der Waals surface area contributed by atoms with E-state index in [1.165, 1.54) is 0 Å². The molecule has 2 heterocycles. The van der Waals surface area contributed by atoms with E-state index in [1.54, 1.807) is 0 Å². The van der Waals surface area contributed by atoms with Crippen molar-refractivity contribution in [1.82, 2.24) is 4.90 Å². The number of nitrogens with two attached hydrogens (primary N) is 1. The summed E-state index contributed by atoms with van der Waals surface area (Å²) in [4.78, 5) is 15.0. The molecule has 1 amide bonds. The molecule has 120 valence electrons. The molecule has 0 aromatic heterocycles. The van der Waals surface area contributed by atoms with Crippen LogP contribution in [0, 0.1) is 11.3 Å². The second-order valence-electron chi connectivity index (χ2n) is 7.48. The highest BCUT2D eigenvalue weighted by Gasteiger charge is 2.71. The Morgan fingerprint density at radius 3 is 2.57 bits per heavy atom. The monoisotopic (exact) mass is 296 g/mol. The third kappa shape index (κ3) is 1.90. The van der Waals surface area contributed by atoms with Gasteiger partial charge in [-0.05, 0) is 26.2 Å². The zero-order chi connectivity index (χ0) is 15.4. The van der Waals surface area contributed by atoms with Gasteiger partial charge in [0.2, 0.25) is 5.91 Å². The van der Waals surface area contributed by atoms with Gasteiger partial charge in [0, 0.05) is 31.6 Å². The predicted octanol–water partition coefficient (Wildman–Crippen LogP) is 1.15. The maximum absolute atomic E-state index is 13.1. The molecule has 0 aromatic carbocycles. The molecule has 0 aromatic rings. The lowest BCUT2D eigenvalue weighted by Crippen LogP contribution is -2.82. The van der Waals surface area contributed by atoms with Gasteiger partial charge < -0.3 is 20.1 Å². The highest BCUT2D eigenvalue weighted by molar-refractivity contribution is 5.89. The topological polar surface area (TPSA) is 64.8 Å². The maximum atomic E-state index is 13.1. The smallest absolute Gasteiger partial charge is 0.243 e. The molecule has 21 heavy (non-hydrogen) atoms. The molecule has 0 radical (unpaired) electrons. The Labute approximate surface area is 127 Å². The normalized spacial score (nSPS) is 44.8. The summed E-state index contributed by atoms with van der Waals surface area (Å²) in [6.07, 6.45) is 3.08. The van der Waals surface area contributed by atoms with E-state index in [9.17, 15) is 4.79 Å². The summed E-state index contributed by atoms with van der Waals surface area (Å²) >= 11 is 0. The van der Waals surface area contributed by atoms with Crippen LogP contribution in [0.2, 0.25) is 0 Å². The first-order valence-electron chi connectivity index (χ1n) is 8.11. The van der Waals surface area contributed by atoms with Gasteiger partial charge in [0.25, 0.3) is 0 Å². The highest BCUT2D eigenvalue weighted by Crippen LogP contribution is 2.58. The molecule has 3 rings (SSSR count). The molecule has 2 saturated heterocycles. The molecule has 1 aliphatic carbocycles. The van der Waals surface area contributed by atoms with Gasteiger partial charge >= 0.3 is 0 Å². The molecule has 5 unspecified atom stereocenters. The SMILES string of the molecule is CC1OCCC1N(C)C(=O)C1(N)C2CCCOC2C1(C)C. The Bertz CT molecular complexity index is 439. The van der Waals surface area contributed by atoms with E-state index in [4.69, 9.17) is 15.2 Å². The number of hydrogen-bond donors (Lipinski definition) is 1. The van der Waals surface area contributed by atoms with Crippen LogP contribution in [0.1, 0.15) is 40.0 Å². The van der Waals surface area contributed by atoms with Crippen LogP contribution in [0.5, 0.6) is 0 Å². The zero-order valence-electron chi connectivity index (χ0n) is 13.6. The average Bonchev–Trinajstić information content (AvgIpc) is 2.91. The fourth-order valence-corrected chi connectivity index (χ4v) is 4.68. The Hall–Kier alpha value is -0.650. The van der Waals surface area contributed by atoms with Gasteiger partial charge in [-0.1, -0.05) is 13.8 Å². The van der Waals surface area contributed by atoms with Crippen molar-refractivity contribution in [2.45, 2.75) is 63.8 Å². The van der Waals surface area contributed by atoms with Crippen LogP contribution in [0.25, 0.3) is 0 Å². The van der Waals surface area contributed by atoms with Crippen molar-refractivity contribution in [3.8, 4) is 0 Å². The molecule has 3 fully saturated rings. The summed E-state index contributed by atoms with van der Waals surface area (Å²) < 4.78 is 11.5. The van der Waals surface area contributed by atoms with Gasteiger partial charge in [0.05, 0.1) is 18.2 Å². The predicted molar refractivity (Wildman–Crippen MR) is 79.8 cm³/mol. The van der Waals surface area contributed by atoms with Crippen molar-refractivity contribution in [1.29, 1.82) is 0 Å². The second-order valence-corrected chi connectivity index (χ2v) is 7.48. The van der Waals surface area contributed by atoms with Crippen LogP contribution >= 0.6 is 0 Å². The number of likely N-dealkylation sites (N-methyl/N-ethyl adjacent to an activating group) is 1. The van der Waals surface area contributed by atoms with E-state index in [-0.39, 0.29) is 35.5 Å². The minimum absolute atomic E-state index is 0.0570. The lowest BCUT2D eigenvalue weighted by atomic mass is 9.46. The van der Waals surface area contributed by atoms with E-state index in [2.05, 4.69) is 13.8 Å². The molecule has 2 N–H and O–H groups in total. The molecule has 5 atom stereocenters. The van der Waals surface area contributed by atoms with Crippen molar-refractivity contribution in [2.75, 3.05) is 20.3 Å². The molecule has 3 aliphatic rings. The van der Waals surface area contributed by atoms with Crippen LogP contribution in [-0.4, -0.2) is 54.9 Å². The lowest BCUT2D eigenvalue weighted by Gasteiger charge is -2.65. The fraction of sp³-hybridized carbons (Fsp3) is 0.938. The van der Waals surface area contributed by atoms with Crippen molar-refractivity contribution >= 4 is 5.91 Å².